The standard InChI is InChI=1S/C24H29ClN2O4/c1-17(2)16-31-24-20(25)13-19(14-21(24)30-3)9-10-22(28)27-15-23(29)26-12-11-18-7-5-4-6-8-18/h4-10,13-14,17H,11-12,15-16H2,1-3H3,(H,26,29)(H,27,28)/b10-9+. The molecule has 7 heteroatoms. The van der Waals surface area contributed by atoms with Crippen molar-refractivity contribution in [1.82, 2.24) is 10.6 Å². The summed E-state index contributed by atoms with van der Waals surface area (Å²) in [5, 5.41) is 5.75. The Morgan fingerprint density at radius 1 is 1.13 bits per heavy atom. The molecule has 0 saturated carbocycles. The van der Waals surface area contributed by atoms with Gasteiger partial charge in [0.1, 0.15) is 0 Å². The van der Waals surface area contributed by atoms with Crippen molar-refractivity contribution in [2.45, 2.75) is 20.3 Å². The van der Waals surface area contributed by atoms with E-state index in [1.807, 2.05) is 44.2 Å². The lowest BCUT2D eigenvalue weighted by Crippen LogP contribution is -2.37. The summed E-state index contributed by atoms with van der Waals surface area (Å²) in [6.45, 7) is 5.02. The van der Waals surface area contributed by atoms with E-state index in [0.29, 0.717) is 41.2 Å². The van der Waals surface area contributed by atoms with Crippen LogP contribution in [0.2, 0.25) is 5.02 Å². The fourth-order valence-electron chi connectivity index (χ4n) is 2.68. The number of carbonyl (C=O) groups excluding carboxylic acids is 2. The van der Waals surface area contributed by atoms with E-state index in [-0.39, 0.29) is 18.4 Å². The number of halogens is 1. The zero-order valence-electron chi connectivity index (χ0n) is 18.1. The van der Waals surface area contributed by atoms with Gasteiger partial charge in [-0.25, -0.2) is 0 Å². The molecule has 0 atom stereocenters. The minimum Gasteiger partial charge on any atom is -0.493 e. The van der Waals surface area contributed by atoms with E-state index in [2.05, 4.69) is 10.6 Å². The van der Waals surface area contributed by atoms with E-state index in [1.165, 1.54) is 13.2 Å². The monoisotopic (exact) mass is 444 g/mol. The number of ether oxygens (including phenoxy) is 2. The average molecular weight is 445 g/mol. The first kappa shape index (κ1) is 24.3. The van der Waals surface area contributed by atoms with E-state index in [0.717, 1.165) is 12.0 Å². The van der Waals surface area contributed by atoms with Crippen LogP contribution in [0.4, 0.5) is 0 Å². The summed E-state index contributed by atoms with van der Waals surface area (Å²) in [5.41, 5.74) is 1.82. The van der Waals surface area contributed by atoms with Crippen molar-refractivity contribution in [1.29, 1.82) is 0 Å². The number of rotatable bonds is 11. The van der Waals surface area contributed by atoms with Crippen molar-refractivity contribution in [2.24, 2.45) is 5.92 Å². The highest BCUT2D eigenvalue weighted by atomic mass is 35.5. The van der Waals surface area contributed by atoms with Crippen molar-refractivity contribution >= 4 is 29.5 Å². The zero-order chi connectivity index (χ0) is 22.6. The second kappa shape index (κ2) is 12.6. The molecule has 0 spiro atoms. The Bertz CT molecular complexity index is 898. The lowest BCUT2D eigenvalue weighted by Gasteiger charge is -2.14. The van der Waals surface area contributed by atoms with Crippen molar-refractivity contribution in [3.05, 3.63) is 64.7 Å². The summed E-state index contributed by atoms with van der Waals surface area (Å²) >= 11 is 6.32. The summed E-state index contributed by atoms with van der Waals surface area (Å²) in [5.74, 6) is 0.694. The van der Waals surface area contributed by atoms with Gasteiger partial charge >= 0.3 is 0 Å². The summed E-state index contributed by atoms with van der Waals surface area (Å²) in [7, 11) is 1.53. The quantitative estimate of drug-likeness (QED) is 0.516. The lowest BCUT2D eigenvalue weighted by molar-refractivity contribution is -0.123. The number of hydrogen-bond acceptors (Lipinski definition) is 4. The predicted octanol–water partition coefficient (Wildman–Crippen LogP) is 3.87. The molecule has 0 aromatic heterocycles. The molecule has 0 fully saturated rings. The van der Waals surface area contributed by atoms with Gasteiger partial charge < -0.3 is 20.1 Å². The van der Waals surface area contributed by atoms with Gasteiger partial charge in [-0.05, 0) is 41.7 Å². The minimum absolute atomic E-state index is 0.0932. The molecule has 31 heavy (non-hydrogen) atoms. The highest BCUT2D eigenvalue weighted by Gasteiger charge is 2.12. The molecule has 166 valence electrons. The van der Waals surface area contributed by atoms with Crippen molar-refractivity contribution in [3.8, 4) is 11.5 Å². The third kappa shape index (κ3) is 8.72. The van der Waals surface area contributed by atoms with E-state index in [9.17, 15) is 9.59 Å². The van der Waals surface area contributed by atoms with Crippen LogP contribution in [0.3, 0.4) is 0 Å². The fourth-order valence-corrected chi connectivity index (χ4v) is 2.95. The molecule has 0 aliphatic carbocycles. The van der Waals surface area contributed by atoms with Crippen LogP contribution in [0.25, 0.3) is 6.08 Å². The molecular formula is C24H29ClN2O4. The maximum absolute atomic E-state index is 12.0. The number of carbonyl (C=O) groups is 2. The largest absolute Gasteiger partial charge is 0.493 e. The molecule has 0 bridgehead atoms. The molecule has 0 saturated heterocycles. The maximum Gasteiger partial charge on any atom is 0.244 e. The average Bonchev–Trinajstić information content (AvgIpc) is 2.75. The number of benzene rings is 2. The van der Waals surface area contributed by atoms with Crippen molar-refractivity contribution in [2.75, 3.05) is 26.8 Å². The maximum atomic E-state index is 12.0. The van der Waals surface area contributed by atoms with E-state index in [4.69, 9.17) is 21.1 Å². The Labute approximate surface area is 188 Å². The Morgan fingerprint density at radius 3 is 2.55 bits per heavy atom. The molecule has 6 nitrogen and oxygen atoms in total. The third-order valence-corrected chi connectivity index (χ3v) is 4.52. The van der Waals surface area contributed by atoms with Crippen LogP contribution in [-0.4, -0.2) is 38.6 Å². The van der Waals surface area contributed by atoms with Gasteiger partial charge in [-0.2, -0.15) is 0 Å². The number of nitrogens with one attached hydrogen (secondary N) is 2. The van der Waals surface area contributed by atoms with Crippen molar-refractivity contribution in [3.63, 3.8) is 0 Å². The molecule has 2 N–H and O–H groups in total. The lowest BCUT2D eigenvalue weighted by atomic mass is 10.1. The minimum atomic E-state index is -0.381. The van der Waals surface area contributed by atoms with Crippen molar-refractivity contribution < 1.29 is 19.1 Å². The molecule has 2 aromatic carbocycles. The molecule has 0 aliphatic heterocycles. The Hall–Kier alpha value is -2.99. The second-order valence-corrected chi connectivity index (χ2v) is 7.78. The van der Waals surface area contributed by atoms with Gasteiger partial charge in [0.15, 0.2) is 11.5 Å². The van der Waals surface area contributed by atoms with Gasteiger partial charge in [0.25, 0.3) is 0 Å². The third-order valence-electron chi connectivity index (χ3n) is 4.24. The van der Waals surface area contributed by atoms with E-state index >= 15 is 0 Å². The van der Waals surface area contributed by atoms with E-state index < -0.39 is 0 Å². The molecule has 2 rings (SSSR count). The first-order valence-electron chi connectivity index (χ1n) is 10.2. The zero-order valence-corrected chi connectivity index (χ0v) is 18.9. The highest BCUT2D eigenvalue weighted by molar-refractivity contribution is 6.32. The normalized spacial score (nSPS) is 10.9. The van der Waals surface area contributed by atoms with Crippen LogP contribution in [0.5, 0.6) is 11.5 Å². The van der Waals surface area contributed by atoms with Gasteiger partial charge in [-0.3, -0.25) is 9.59 Å². The fraction of sp³-hybridized carbons (Fsp3) is 0.333. The van der Waals surface area contributed by atoms with Crippen LogP contribution in [0.1, 0.15) is 25.0 Å². The summed E-state index contributed by atoms with van der Waals surface area (Å²) in [6.07, 6.45) is 3.68. The van der Waals surface area contributed by atoms with Crippen LogP contribution >= 0.6 is 11.6 Å². The van der Waals surface area contributed by atoms with Gasteiger partial charge in [-0.15, -0.1) is 0 Å². The van der Waals surface area contributed by atoms with Gasteiger partial charge in [0, 0.05) is 12.6 Å². The SMILES string of the molecule is COc1cc(/C=C/C(=O)NCC(=O)NCCc2ccccc2)cc(Cl)c1OCC(C)C. The van der Waals surface area contributed by atoms with Crippen LogP contribution in [-0.2, 0) is 16.0 Å². The Balaban J connectivity index is 1.82. The first-order valence-corrected chi connectivity index (χ1v) is 10.5. The molecule has 2 aromatic rings. The molecule has 0 aliphatic rings. The number of methoxy groups -OCH3 is 1. The Kier molecular flexibility index (Phi) is 9.91. The molecule has 0 unspecified atom stereocenters. The highest BCUT2D eigenvalue weighted by Crippen LogP contribution is 2.37. The predicted molar refractivity (Wildman–Crippen MR) is 124 cm³/mol. The number of hydrogen-bond donors (Lipinski definition) is 2. The molecular weight excluding hydrogens is 416 g/mol. The molecule has 0 heterocycles. The van der Waals surface area contributed by atoms with Crippen LogP contribution < -0.4 is 20.1 Å². The van der Waals surface area contributed by atoms with E-state index in [1.54, 1.807) is 18.2 Å². The molecule has 0 radical (unpaired) electrons. The smallest absolute Gasteiger partial charge is 0.244 e. The summed E-state index contributed by atoms with van der Waals surface area (Å²) in [4.78, 5) is 23.9. The number of amides is 2. The van der Waals surface area contributed by atoms with Crippen LogP contribution in [0, 0.1) is 5.92 Å². The van der Waals surface area contributed by atoms with Gasteiger partial charge in [-0.1, -0.05) is 55.8 Å². The first-order chi connectivity index (χ1) is 14.9. The second-order valence-electron chi connectivity index (χ2n) is 7.38. The summed E-state index contributed by atoms with van der Waals surface area (Å²) in [6, 6.07) is 13.3. The van der Waals surface area contributed by atoms with Gasteiger partial charge in [0.05, 0.1) is 25.3 Å². The molecule has 2 amide bonds. The van der Waals surface area contributed by atoms with Crippen LogP contribution in [0.15, 0.2) is 48.5 Å². The topological polar surface area (TPSA) is 76.7 Å². The Morgan fingerprint density at radius 2 is 1.87 bits per heavy atom. The van der Waals surface area contributed by atoms with Gasteiger partial charge in [0.2, 0.25) is 11.8 Å². The summed E-state index contributed by atoms with van der Waals surface area (Å²) < 4.78 is 11.1.